The van der Waals surface area contributed by atoms with Gasteiger partial charge in [-0.3, -0.25) is 0 Å². The van der Waals surface area contributed by atoms with E-state index < -0.39 is 17.8 Å². The summed E-state index contributed by atoms with van der Waals surface area (Å²) in [6.45, 7) is 0. The second-order valence-electron chi connectivity index (χ2n) is 2.65. The Labute approximate surface area is 93.6 Å². The van der Waals surface area contributed by atoms with E-state index in [-0.39, 0.29) is 10.6 Å². The van der Waals surface area contributed by atoms with Crippen LogP contribution in [0, 0.1) is 11.3 Å². The van der Waals surface area contributed by atoms with Crippen LogP contribution in [0.25, 0.3) is 0 Å². The van der Waals surface area contributed by atoms with Crippen LogP contribution in [-0.4, -0.2) is 17.2 Å². The predicted molar refractivity (Wildman–Crippen MR) is 49.4 cm³/mol. The third-order valence-electron chi connectivity index (χ3n) is 1.57. The first-order valence-corrected chi connectivity index (χ1v) is 4.25. The van der Waals surface area contributed by atoms with E-state index in [0.29, 0.717) is 0 Å². The van der Waals surface area contributed by atoms with E-state index in [4.69, 9.17) is 22.0 Å². The van der Waals surface area contributed by atoms with Crippen molar-refractivity contribution in [3.8, 4) is 11.8 Å². The SMILES string of the molecule is N#Cc1c(Cl)cccc1OC(F)(F)C(=O)O. The summed E-state index contributed by atoms with van der Waals surface area (Å²) in [5.74, 6) is -3.03. The Bertz CT molecular complexity index is 470. The van der Waals surface area contributed by atoms with Crippen LogP contribution < -0.4 is 4.74 Å². The van der Waals surface area contributed by atoms with Crippen molar-refractivity contribution in [2.45, 2.75) is 6.11 Å². The third kappa shape index (κ3) is 2.38. The number of carboxylic acids is 1. The molecule has 0 spiro atoms. The summed E-state index contributed by atoms with van der Waals surface area (Å²) >= 11 is 5.54. The number of carboxylic acid groups (broad SMARTS) is 1. The molecule has 7 heteroatoms. The Hall–Kier alpha value is -1.87. The van der Waals surface area contributed by atoms with E-state index >= 15 is 0 Å². The van der Waals surface area contributed by atoms with Gasteiger partial charge in [0.1, 0.15) is 17.4 Å². The molecular formula is C9H4ClF2NO3. The predicted octanol–water partition coefficient (Wildman–Crippen LogP) is 2.27. The molecule has 1 aromatic carbocycles. The number of aliphatic carboxylic acids is 1. The lowest BCUT2D eigenvalue weighted by Crippen LogP contribution is -2.35. The second-order valence-corrected chi connectivity index (χ2v) is 3.06. The van der Waals surface area contributed by atoms with Crippen molar-refractivity contribution in [1.82, 2.24) is 0 Å². The smallest absolute Gasteiger partial charge is 0.474 e. The van der Waals surface area contributed by atoms with E-state index in [1.165, 1.54) is 12.1 Å². The highest BCUT2D eigenvalue weighted by molar-refractivity contribution is 6.31. The minimum Gasteiger partial charge on any atom is -0.474 e. The number of alkyl halides is 2. The van der Waals surface area contributed by atoms with Gasteiger partial charge in [0.05, 0.1) is 5.02 Å². The fraction of sp³-hybridized carbons (Fsp3) is 0.111. The maximum absolute atomic E-state index is 12.7. The number of ether oxygens (including phenoxy) is 1. The maximum Gasteiger partial charge on any atom is 0.501 e. The van der Waals surface area contributed by atoms with Gasteiger partial charge < -0.3 is 9.84 Å². The first kappa shape index (κ1) is 12.2. The van der Waals surface area contributed by atoms with E-state index in [1.54, 1.807) is 6.07 Å². The number of rotatable bonds is 3. The molecule has 0 aliphatic rings. The molecule has 0 aromatic heterocycles. The number of benzene rings is 1. The minimum absolute atomic E-state index is 0.0961. The van der Waals surface area contributed by atoms with E-state index in [1.807, 2.05) is 0 Å². The number of halogens is 3. The Morgan fingerprint density at radius 3 is 2.69 bits per heavy atom. The highest BCUT2D eigenvalue weighted by atomic mass is 35.5. The van der Waals surface area contributed by atoms with Crippen molar-refractivity contribution in [1.29, 1.82) is 5.26 Å². The Kier molecular flexibility index (Phi) is 3.30. The van der Waals surface area contributed by atoms with Crippen molar-refractivity contribution < 1.29 is 23.4 Å². The molecule has 1 aromatic rings. The Morgan fingerprint density at radius 1 is 1.56 bits per heavy atom. The van der Waals surface area contributed by atoms with Crippen LogP contribution >= 0.6 is 11.6 Å². The van der Waals surface area contributed by atoms with Gasteiger partial charge in [0, 0.05) is 0 Å². The zero-order chi connectivity index (χ0) is 12.3. The lowest BCUT2D eigenvalue weighted by Gasteiger charge is -2.14. The topological polar surface area (TPSA) is 70.3 Å². The molecule has 16 heavy (non-hydrogen) atoms. The molecule has 0 saturated carbocycles. The van der Waals surface area contributed by atoms with Crippen molar-refractivity contribution in [2.24, 2.45) is 0 Å². The van der Waals surface area contributed by atoms with Crippen molar-refractivity contribution >= 4 is 17.6 Å². The summed E-state index contributed by atoms with van der Waals surface area (Å²) in [6, 6.07) is 5.13. The van der Waals surface area contributed by atoms with E-state index in [0.717, 1.165) is 6.07 Å². The van der Waals surface area contributed by atoms with Crippen LogP contribution in [0.3, 0.4) is 0 Å². The van der Waals surface area contributed by atoms with Crippen LogP contribution in [-0.2, 0) is 4.79 Å². The summed E-state index contributed by atoms with van der Waals surface area (Å²) < 4.78 is 29.3. The number of hydrogen-bond donors (Lipinski definition) is 1. The average Bonchev–Trinajstić information content (AvgIpc) is 2.17. The van der Waals surface area contributed by atoms with Gasteiger partial charge in [-0.05, 0) is 12.1 Å². The highest BCUT2D eigenvalue weighted by Gasteiger charge is 2.43. The summed E-state index contributed by atoms with van der Waals surface area (Å²) in [4.78, 5) is 10.1. The van der Waals surface area contributed by atoms with Gasteiger partial charge in [0.25, 0.3) is 0 Å². The molecule has 0 unspecified atom stereocenters. The Balaban J connectivity index is 3.13. The summed E-state index contributed by atoms with van der Waals surface area (Å²) in [5, 5.41) is 16.7. The second kappa shape index (κ2) is 4.33. The standard InChI is InChI=1S/C9H4ClF2NO3/c10-6-2-1-3-7(5(6)4-13)16-9(11,12)8(14)15/h1-3H,(H,14,15). The van der Waals surface area contributed by atoms with Crippen molar-refractivity contribution in [3.63, 3.8) is 0 Å². The molecule has 1 rings (SSSR count). The first-order valence-electron chi connectivity index (χ1n) is 3.87. The van der Waals surface area contributed by atoms with Gasteiger partial charge in [-0.1, -0.05) is 17.7 Å². The molecule has 0 aliphatic heterocycles. The maximum atomic E-state index is 12.7. The molecule has 1 N–H and O–H groups in total. The number of hydrogen-bond acceptors (Lipinski definition) is 3. The van der Waals surface area contributed by atoms with Crippen LogP contribution in [0.15, 0.2) is 18.2 Å². The number of carbonyl (C=O) groups is 1. The summed E-state index contributed by atoms with van der Waals surface area (Å²) in [7, 11) is 0. The van der Waals surface area contributed by atoms with E-state index in [2.05, 4.69) is 4.74 Å². The molecule has 0 heterocycles. The largest absolute Gasteiger partial charge is 0.501 e. The van der Waals surface area contributed by atoms with Crippen LogP contribution in [0.5, 0.6) is 5.75 Å². The lowest BCUT2D eigenvalue weighted by molar-refractivity contribution is -0.210. The quantitative estimate of drug-likeness (QED) is 0.889. The minimum atomic E-state index is -4.41. The van der Waals surface area contributed by atoms with Crippen molar-refractivity contribution in [2.75, 3.05) is 0 Å². The molecule has 0 atom stereocenters. The highest BCUT2D eigenvalue weighted by Crippen LogP contribution is 2.29. The van der Waals surface area contributed by atoms with E-state index in [9.17, 15) is 13.6 Å². The molecule has 0 aliphatic carbocycles. The van der Waals surface area contributed by atoms with Gasteiger partial charge in [0.2, 0.25) is 0 Å². The molecule has 4 nitrogen and oxygen atoms in total. The molecule has 0 radical (unpaired) electrons. The summed E-state index contributed by atoms with van der Waals surface area (Å²) in [6.07, 6.45) is -4.41. The fourth-order valence-corrected chi connectivity index (χ4v) is 1.09. The van der Waals surface area contributed by atoms with Gasteiger partial charge in [-0.2, -0.15) is 14.0 Å². The van der Waals surface area contributed by atoms with Gasteiger partial charge in [0.15, 0.2) is 0 Å². The zero-order valence-electron chi connectivity index (χ0n) is 7.58. The fourth-order valence-electron chi connectivity index (χ4n) is 0.880. The molecule has 0 saturated heterocycles. The Morgan fingerprint density at radius 2 is 2.19 bits per heavy atom. The van der Waals surface area contributed by atoms with Crippen molar-refractivity contribution in [3.05, 3.63) is 28.8 Å². The van der Waals surface area contributed by atoms with Crippen LogP contribution in [0.4, 0.5) is 8.78 Å². The van der Waals surface area contributed by atoms with Gasteiger partial charge in [-0.25, -0.2) is 4.79 Å². The molecule has 0 amide bonds. The van der Waals surface area contributed by atoms with Crippen LogP contribution in [0.2, 0.25) is 5.02 Å². The molecule has 0 fully saturated rings. The monoisotopic (exact) mass is 247 g/mol. The molecule has 84 valence electrons. The molecule has 0 bridgehead atoms. The summed E-state index contributed by atoms with van der Waals surface area (Å²) in [5.41, 5.74) is -0.343. The molecular weight excluding hydrogens is 244 g/mol. The van der Waals surface area contributed by atoms with Gasteiger partial charge >= 0.3 is 12.1 Å². The number of nitrogens with zero attached hydrogens (tertiary/aromatic N) is 1. The average molecular weight is 248 g/mol. The third-order valence-corrected chi connectivity index (χ3v) is 1.89. The van der Waals surface area contributed by atoms with Crippen LogP contribution in [0.1, 0.15) is 5.56 Å². The lowest BCUT2D eigenvalue weighted by atomic mass is 10.2. The number of nitriles is 1. The zero-order valence-corrected chi connectivity index (χ0v) is 8.33. The normalized spacial score (nSPS) is 10.6. The first-order chi connectivity index (χ1) is 7.38. The van der Waals surface area contributed by atoms with Gasteiger partial charge in [-0.15, -0.1) is 0 Å².